The number of hydrogen-bond donors (Lipinski definition) is 0. The molecule has 3 rings (SSSR count). The van der Waals surface area contributed by atoms with Crippen LogP contribution in [0.1, 0.15) is 35.2 Å². The number of rotatable bonds is 2. The SMILES string of the molecule is O=C1N=C(N2CCCCC2)S/C1=C\c1ccc(C(=O)[O-])cc1. The van der Waals surface area contributed by atoms with E-state index in [2.05, 4.69) is 9.89 Å². The van der Waals surface area contributed by atoms with Crippen molar-refractivity contribution in [1.82, 2.24) is 4.90 Å². The fourth-order valence-corrected chi connectivity index (χ4v) is 3.45. The van der Waals surface area contributed by atoms with Gasteiger partial charge in [-0.15, -0.1) is 0 Å². The predicted octanol–water partition coefficient (Wildman–Crippen LogP) is 1.51. The Bertz CT molecular complexity index is 658. The molecule has 114 valence electrons. The summed E-state index contributed by atoms with van der Waals surface area (Å²) in [5.41, 5.74) is 0.897. The third kappa shape index (κ3) is 3.22. The normalized spacial score (nSPS) is 20.4. The van der Waals surface area contributed by atoms with E-state index in [1.165, 1.54) is 30.3 Å². The van der Waals surface area contributed by atoms with Gasteiger partial charge in [-0.2, -0.15) is 4.99 Å². The maximum absolute atomic E-state index is 12.0. The Morgan fingerprint density at radius 2 is 1.86 bits per heavy atom. The van der Waals surface area contributed by atoms with Crippen LogP contribution in [0.3, 0.4) is 0 Å². The first-order valence-corrected chi connectivity index (χ1v) is 8.04. The number of hydrogen-bond acceptors (Lipinski definition) is 5. The Balaban J connectivity index is 1.73. The van der Waals surface area contributed by atoms with E-state index in [1.807, 2.05) is 0 Å². The summed E-state index contributed by atoms with van der Waals surface area (Å²) in [6.07, 6.45) is 5.25. The molecule has 6 heteroatoms. The molecule has 0 bridgehead atoms. The van der Waals surface area contributed by atoms with Crippen LogP contribution in [0.15, 0.2) is 34.2 Å². The minimum Gasteiger partial charge on any atom is -0.545 e. The van der Waals surface area contributed by atoms with E-state index < -0.39 is 5.97 Å². The molecule has 2 aliphatic heterocycles. The molecular formula is C16H15N2O3S-. The Hall–Kier alpha value is -2.08. The van der Waals surface area contributed by atoms with Gasteiger partial charge in [0.1, 0.15) is 0 Å². The zero-order valence-electron chi connectivity index (χ0n) is 11.9. The fraction of sp³-hybridized carbons (Fsp3) is 0.312. The van der Waals surface area contributed by atoms with Crippen LogP contribution in [0.2, 0.25) is 0 Å². The smallest absolute Gasteiger partial charge is 0.286 e. The van der Waals surface area contributed by atoms with Crippen molar-refractivity contribution in [3.8, 4) is 0 Å². The zero-order valence-corrected chi connectivity index (χ0v) is 12.8. The van der Waals surface area contributed by atoms with Crippen molar-refractivity contribution in [1.29, 1.82) is 0 Å². The maximum Gasteiger partial charge on any atom is 0.286 e. The standard InChI is InChI=1S/C16H16N2O3S/c19-14-13(10-11-4-6-12(7-5-11)15(20)21)22-16(17-14)18-8-2-1-3-9-18/h4-7,10H,1-3,8-9H2,(H,20,21)/p-1/b13-10-. The lowest BCUT2D eigenvalue weighted by Gasteiger charge is -2.27. The van der Waals surface area contributed by atoms with Crippen molar-refractivity contribution in [2.75, 3.05) is 13.1 Å². The van der Waals surface area contributed by atoms with Crippen LogP contribution in [0, 0.1) is 0 Å². The highest BCUT2D eigenvalue weighted by atomic mass is 32.2. The van der Waals surface area contributed by atoms with E-state index in [4.69, 9.17) is 0 Å². The Morgan fingerprint density at radius 3 is 2.50 bits per heavy atom. The minimum absolute atomic E-state index is 0.123. The van der Waals surface area contributed by atoms with Gasteiger partial charge in [-0.3, -0.25) is 4.79 Å². The van der Waals surface area contributed by atoms with Crippen molar-refractivity contribution in [3.63, 3.8) is 0 Å². The average Bonchev–Trinajstić information content (AvgIpc) is 2.90. The van der Waals surface area contributed by atoms with E-state index in [0.29, 0.717) is 4.91 Å². The van der Waals surface area contributed by atoms with Gasteiger partial charge in [0.25, 0.3) is 5.91 Å². The summed E-state index contributed by atoms with van der Waals surface area (Å²) in [4.78, 5) is 29.6. The average molecular weight is 315 g/mol. The van der Waals surface area contributed by atoms with Gasteiger partial charge in [-0.25, -0.2) is 0 Å². The Labute approximate surface area is 132 Å². The number of thioether (sulfide) groups is 1. The second-order valence-electron chi connectivity index (χ2n) is 5.27. The highest BCUT2D eigenvalue weighted by molar-refractivity contribution is 8.18. The van der Waals surface area contributed by atoms with Gasteiger partial charge in [0.15, 0.2) is 5.17 Å². The molecule has 5 nitrogen and oxygen atoms in total. The molecule has 0 spiro atoms. The third-order valence-corrected chi connectivity index (χ3v) is 4.72. The van der Waals surface area contributed by atoms with E-state index in [-0.39, 0.29) is 11.5 Å². The number of carboxylic acid groups (broad SMARTS) is 1. The maximum atomic E-state index is 12.0. The van der Waals surface area contributed by atoms with Crippen LogP contribution in [0.5, 0.6) is 0 Å². The molecule has 0 N–H and O–H groups in total. The molecule has 1 fully saturated rings. The number of amides is 1. The van der Waals surface area contributed by atoms with E-state index in [0.717, 1.165) is 36.7 Å². The van der Waals surface area contributed by atoms with Gasteiger partial charge in [-0.1, -0.05) is 24.3 Å². The first-order chi connectivity index (χ1) is 10.6. The van der Waals surface area contributed by atoms with Crippen LogP contribution >= 0.6 is 11.8 Å². The molecular weight excluding hydrogens is 300 g/mol. The molecule has 1 saturated heterocycles. The largest absolute Gasteiger partial charge is 0.545 e. The van der Waals surface area contributed by atoms with Crippen molar-refractivity contribution >= 4 is 34.9 Å². The second-order valence-corrected chi connectivity index (χ2v) is 6.28. The number of benzene rings is 1. The molecule has 0 aromatic heterocycles. The monoisotopic (exact) mass is 315 g/mol. The Kier molecular flexibility index (Phi) is 4.29. The summed E-state index contributed by atoms with van der Waals surface area (Å²) in [6.45, 7) is 1.90. The first-order valence-electron chi connectivity index (χ1n) is 7.22. The molecule has 0 radical (unpaired) electrons. The second kappa shape index (κ2) is 6.36. The zero-order chi connectivity index (χ0) is 15.5. The fourth-order valence-electron chi connectivity index (χ4n) is 2.49. The lowest BCUT2D eigenvalue weighted by molar-refractivity contribution is -0.255. The molecule has 0 unspecified atom stereocenters. The lowest BCUT2D eigenvalue weighted by Crippen LogP contribution is -2.33. The summed E-state index contributed by atoms with van der Waals surface area (Å²) in [5, 5.41) is 11.5. The molecule has 0 atom stereocenters. The summed E-state index contributed by atoms with van der Waals surface area (Å²) >= 11 is 1.39. The number of aromatic carboxylic acids is 1. The number of likely N-dealkylation sites (tertiary alicyclic amines) is 1. The topological polar surface area (TPSA) is 72.8 Å². The quantitative estimate of drug-likeness (QED) is 0.774. The predicted molar refractivity (Wildman–Crippen MR) is 84.2 cm³/mol. The number of aliphatic imine (C=N–C) groups is 1. The van der Waals surface area contributed by atoms with E-state index in [1.54, 1.807) is 18.2 Å². The Morgan fingerprint density at radius 1 is 1.18 bits per heavy atom. The number of amidine groups is 1. The number of piperidine rings is 1. The summed E-state index contributed by atoms with van der Waals surface area (Å²) in [5.74, 6) is -1.43. The summed E-state index contributed by atoms with van der Waals surface area (Å²) in [7, 11) is 0. The van der Waals surface area contributed by atoms with Gasteiger partial charge in [0.05, 0.1) is 10.9 Å². The van der Waals surface area contributed by atoms with E-state index in [9.17, 15) is 14.7 Å². The molecule has 0 saturated carbocycles. The van der Waals surface area contributed by atoms with Crippen molar-refractivity contribution in [3.05, 3.63) is 40.3 Å². The highest BCUT2D eigenvalue weighted by Gasteiger charge is 2.26. The van der Waals surface area contributed by atoms with Gasteiger partial charge >= 0.3 is 0 Å². The van der Waals surface area contributed by atoms with E-state index >= 15 is 0 Å². The van der Waals surface area contributed by atoms with Gasteiger partial charge in [-0.05, 0) is 48.2 Å². The van der Waals surface area contributed by atoms with Crippen molar-refractivity contribution < 1.29 is 14.7 Å². The third-order valence-electron chi connectivity index (χ3n) is 3.68. The molecule has 2 aliphatic rings. The van der Waals surface area contributed by atoms with Gasteiger partial charge < -0.3 is 14.8 Å². The molecule has 0 aliphatic carbocycles. The molecule has 1 aromatic carbocycles. The summed E-state index contributed by atoms with van der Waals surface area (Å²) in [6, 6.07) is 6.26. The van der Waals surface area contributed by atoms with Crippen LogP contribution in [-0.4, -0.2) is 35.0 Å². The van der Waals surface area contributed by atoms with Crippen LogP contribution in [0.4, 0.5) is 0 Å². The number of carboxylic acids is 1. The number of carbonyl (C=O) groups is 2. The molecule has 22 heavy (non-hydrogen) atoms. The number of nitrogens with zero attached hydrogens (tertiary/aromatic N) is 2. The highest BCUT2D eigenvalue weighted by Crippen LogP contribution is 2.31. The van der Waals surface area contributed by atoms with Gasteiger partial charge in [0, 0.05) is 13.1 Å². The lowest BCUT2D eigenvalue weighted by atomic mass is 10.1. The number of carbonyl (C=O) groups excluding carboxylic acids is 2. The van der Waals surface area contributed by atoms with Crippen LogP contribution in [-0.2, 0) is 4.79 Å². The van der Waals surface area contributed by atoms with Crippen molar-refractivity contribution in [2.45, 2.75) is 19.3 Å². The minimum atomic E-state index is -1.21. The molecule has 1 amide bonds. The first kappa shape index (κ1) is 14.8. The molecule has 1 aromatic rings. The van der Waals surface area contributed by atoms with Crippen LogP contribution in [0.25, 0.3) is 6.08 Å². The summed E-state index contributed by atoms with van der Waals surface area (Å²) < 4.78 is 0. The van der Waals surface area contributed by atoms with Crippen LogP contribution < -0.4 is 5.11 Å². The molecule has 2 heterocycles. The van der Waals surface area contributed by atoms with Crippen molar-refractivity contribution in [2.24, 2.45) is 4.99 Å². The van der Waals surface area contributed by atoms with Gasteiger partial charge in [0.2, 0.25) is 0 Å².